The highest BCUT2D eigenvalue weighted by molar-refractivity contribution is 5.93. The molecule has 1 saturated carbocycles. The third-order valence-corrected chi connectivity index (χ3v) is 4.14. The monoisotopic (exact) mass is 262 g/mol. The molecule has 0 saturated heterocycles. The average molecular weight is 262 g/mol. The number of pyridine rings is 1. The molecule has 19 heavy (non-hydrogen) atoms. The first-order valence-electron chi connectivity index (χ1n) is 6.94. The van der Waals surface area contributed by atoms with Gasteiger partial charge in [-0.2, -0.15) is 0 Å². The highest BCUT2D eigenvalue weighted by atomic mass is 16.4. The van der Waals surface area contributed by atoms with Crippen molar-refractivity contribution in [1.82, 2.24) is 4.98 Å². The highest BCUT2D eigenvalue weighted by Crippen LogP contribution is 2.31. The Balaban J connectivity index is 2.34. The van der Waals surface area contributed by atoms with Crippen LogP contribution in [0.4, 0.5) is 5.82 Å². The van der Waals surface area contributed by atoms with Gasteiger partial charge in [0.05, 0.1) is 0 Å². The van der Waals surface area contributed by atoms with Gasteiger partial charge >= 0.3 is 5.97 Å². The van der Waals surface area contributed by atoms with E-state index in [0.29, 0.717) is 23.3 Å². The van der Waals surface area contributed by atoms with Gasteiger partial charge in [-0.1, -0.05) is 19.8 Å². The van der Waals surface area contributed by atoms with Gasteiger partial charge in [0.1, 0.15) is 11.4 Å². The molecular weight excluding hydrogens is 240 g/mol. The summed E-state index contributed by atoms with van der Waals surface area (Å²) in [6, 6.07) is 3.80. The lowest BCUT2D eigenvalue weighted by atomic mass is 9.85. The number of hydrogen-bond donors (Lipinski definition) is 1. The second kappa shape index (κ2) is 5.59. The number of rotatable bonds is 3. The number of carbonyl (C=O) groups is 1. The van der Waals surface area contributed by atoms with E-state index in [1.807, 2.05) is 14.0 Å². The third kappa shape index (κ3) is 2.88. The third-order valence-electron chi connectivity index (χ3n) is 4.14. The number of aryl methyl sites for hydroxylation is 1. The van der Waals surface area contributed by atoms with Gasteiger partial charge in [-0.25, -0.2) is 9.78 Å². The van der Waals surface area contributed by atoms with Crippen LogP contribution in [0.1, 0.15) is 48.7 Å². The average Bonchev–Trinajstić information content (AvgIpc) is 2.38. The van der Waals surface area contributed by atoms with Crippen LogP contribution in [0.25, 0.3) is 0 Å². The van der Waals surface area contributed by atoms with Gasteiger partial charge in [0, 0.05) is 18.8 Å². The lowest BCUT2D eigenvalue weighted by Crippen LogP contribution is -2.40. The largest absolute Gasteiger partial charge is 0.478 e. The summed E-state index contributed by atoms with van der Waals surface area (Å²) in [6.07, 6.45) is 4.82. The number of nitrogens with zero attached hydrogens (tertiary/aromatic N) is 2. The summed E-state index contributed by atoms with van der Waals surface area (Å²) in [5, 5.41) is 9.30. The van der Waals surface area contributed by atoms with E-state index in [4.69, 9.17) is 0 Å². The van der Waals surface area contributed by atoms with E-state index in [9.17, 15) is 9.90 Å². The molecule has 104 valence electrons. The van der Waals surface area contributed by atoms with Crippen molar-refractivity contribution in [3.8, 4) is 0 Å². The van der Waals surface area contributed by atoms with Crippen LogP contribution in [0.5, 0.6) is 0 Å². The van der Waals surface area contributed by atoms with E-state index in [1.165, 1.54) is 19.3 Å². The molecule has 4 heteroatoms. The van der Waals surface area contributed by atoms with Gasteiger partial charge in [0.15, 0.2) is 0 Å². The van der Waals surface area contributed by atoms with E-state index < -0.39 is 5.97 Å². The lowest BCUT2D eigenvalue weighted by molar-refractivity contribution is 0.0697. The Bertz CT molecular complexity index is 473. The van der Waals surface area contributed by atoms with Crippen molar-refractivity contribution in [2.75, 3.05) is 11.9 Å². The minimum atomic E-state index is -0.905. The molecule has 1 N–H and O–H groups in total. The van der Waals surface area contributed by atoms with Crippen LogP contribution >= 0.6 is 0 Å². The molecule has 0 aliphatic heterocycles. The van der Waals surface area contributed by atoms with Gasteiger partial charge in [0.25, 0.3) is 0 Å². The summed E-state index contributed by atoms with van der Waals surface area (Å²) in [4.78, 5) is 17.9. The van der Waals surface area contributed by atoms with Gasteiger partial charge in [-0.15, -0.1) is 0 Å². The predicted octanol–water partition coefficient (Wildman–Crippen LogP) is 3.10. The molecule has 0 spiro atoms. The van der Waals surface area contributed by atoms with E-state index >= 15 is 0 Å². The Labute approximate surface area is 114 Å². The van der Waals surface area contributed by atoms with Crippen molar-refractivity contribution in [2.24, 2.45) is 5.92 Å². The summed E-state index contributed by atoms with van der Waals surface area (Å²) in [6.45, 7) is 4.14. The number of aromatic nitrogens is 1. The fourth-order valence-corrected chi connectivity index (χ4v) is 3.01. The molecule has 1 fully saturated rings. The maximum Gasteiger partial charge on any atom is 0.339 e. The number of aromatic carboxylic acids is 1. The molecule has 4 nitrogen and oxygen atoms in total. The number of hydrogen-bond acceptors (Lipinski definition) is 3. The number of carboxylic acid groups (broad SMARTS) is 1. The Morgan fingerprint density at radius 2 is 2.05 bits per heavy atom. The highest BCUT2D eigenvalue weighted by Gasteiger charge is 2.28. The normalized spacial score (nSPS) is 23.1. The van der Waals surface area contributed by atoms with Crippen LogP contribution in [0.3, 0.4) is 0 Å². The molecule has 1 aromatic rings. The van der Waals surface area contributed by atoms with E-state index in [2.05, 4.69) is 16.8 Å². The molecule has 1 aliphatic rings. The summed E-state index contributed by atoms with van der Waals surface area (Å²) in [5.74, 6) is 0.284. The minimum Gasteiger partial charge on any atom is -0.478 e. The zero-order chi connectivity index (χ0) is 14.0. The Kier molecular flexibility index (Phi) is 4.08. The predicted molar refractivity (Wildman–Crippen MR) is 75.8 cm³/mol. The molecule has 1 aromatic heterocycles. The summed E-state index contributed by atoms with van der Waals surface area (Å²) < 4.78 is 0. The number of carboxylic acids is 1. The van der Waals surface area contributed by atoms with Crippen LogP contribution in [-0.4, -0.2) is 29.1 Å². The van der Waals surface area contributed by atoms with Gasteiger partial charge in [0.2, 0.25) is 0 Å². The Hall–Kier alpha value is -1.58. The summed E-state index contributed by atoms with van der Waals surface area (Å²) >= 11 is 0. The van der Waals surface area contributed by atoms with Crippen molar-refractivity contribution in [2.45, 2.75) is 45.6 Å². The topological polar surface area (TPSA) is 53.4 Å². The van der Waals surface area contributed by atoms with Crippen LogP contribution < -0.4 is 4.90 Å². The van der Waals surface area contributed by atoms with E-state index in [0.717, 1.165) is 12.1 Å². The molecule has 2 unspecified atom stereocenters. The molecule has 2 rings (SSSR count). The van der Waals surface area contributed by atoms with Crippen LogP contribution in [0.15, 0.2) is 12.1 Å². The van der Waals surface area contributed by atoms with Crippen LogP contribution in [-0.2, 0) is 0 Å². The number of anilines is 1. The Morgan fingerprint density at radius 1 is 1.37 bits per heavy atom. The molecule has 1 heterocycles. The van der Waals surface area contributed by atoms with Crippen molar-refractivity contribution >= 4 is 11.8 Å². The SMILES string of the molecule is Cc1ccc(C(=O)O)c(N(C)C2CCCCC2C)n1. The fourth-order valence-electron chi connectivity index (χ4n) is 3.01. The molecule has 0 amide bonds. The second-order valence-corrected chi connectivity index (χ2v) is 5.57. The van der Waals surface area contributed by atoms with Crippen molar-refractivity contribution in [3.05, 3.63) is 23.4 Å². The quantitative estimate of drug-likeness (QED) is 0.909. The maximum atomic E-state index is 11.3. The van der Waals surface area contributed by atoms with Gasteiger partial charge < -0.3 is 10.0 Å². The first kappa shape index (κ1) is 13.8. The molecule has 2 atom stereocenters. The van der Waals surface area contributed by atoms with E-state index in [1.54, 1.807) is 12.1 Å². The zero-order valence-corrected chi connectivity index (χ0v) is 11.9. The molecule has 0 aromatic carbocycles. The molecule has 0 bridgehead atoms. The first-order valence-corrected chi connectivity index (χ1v) is 6.94. The van der Waals surface area contributed by atoms with E-state index in [-0.39, 0.29) is 0 Å². The van der Waals surface area contributed by atoms with Crippen molar-refractivity contribution in [1.29, 1.82) is 0 Å². The summed E-state index contributed by atoms with van der Waals surface area (Å²) in [7, 11) is 1.97. The minimum absolute atomic E-state index is 0.297. The first-order chi connectivity index (χ1) is 9.00. The van der Waals surface area contributed by atoms with Crippen LogP contribution in [0, 0.1) is 12.8 Å². The second-order valence-electron chi connectivity index (χ2n) is 5.57. The van der Waals surface area contributed by atoms with Crippen molar-refractivity contribution < 1.29 is 9.90 Å². The molecular formula is C15H22N2O2. The summed E-state index contributed by atoms with van der Waals surface area (Å²) in [5.41, 5.74) is 1.15. The molecule has 1 aliphatic carbocycles. The Morgan fingerprint density at radius 3 is 2.68 bits per heavy atom. The van der Waals surface area contributed by atoms with Gasteiger partial charge in [-0.05, 0) is 37.8 Å². The zero-order valence-electron chi connectivity index (χ0n) is 11.9. The van der Waals surface area contributed by atoms with Gasteiger partial charge in [-0.3, -0.25) is 0 Å². The fraction of sp³-hybridized carbons (Fsp3) is 0.600. The maximum absolute atomic E-state index is 11.3. The van der Waals surface area contributed by atoms with Crippen LogP contribution in [0.2, 0.25) is 0 Å². The van der Waals surface area contributed by atoms with Crippen molar-refractivity contribution in [3.63, 3.8) is 0 Å². The molecule has 0 radical (unpaired) electrons. The standard InChI is InChI=1S/C15H22N2O2/c1-10-6-4-5-7-13(10)17(3)14-12(15(18)19)9-8-11(2)16-14/h8-10,13H,4-7H2,1-3H3,(H,18,19). The smallest absolute Gasteiger partial charge is 0.339 e. The lowest BCUT2D eigenvalue weighted by Gasteiger charge is -2.37.